The minimum absolute atomic E-state index is 0.617. The minimum atomic E-state index is 0.617. The number of rotatable bonds is 4. The first-order valence-electron chi connectivity index (χ1n) is 7.91. The van der Waals surface area contributed by atoms with Crippen LogP contribution in [0, 0.1) is 5.92 Å². The van der Waals surface area contributed by atoms with E-state index in [1.165, 1.54) is 49.1 Å². The van der Waals surface area contributed by atoms with Crippen LogP contribution in [0.2, 0.25) is 0 Å². The lowest BCUT2D eigenvalue weighted by Crippen LogP contribution is -2.09. The fraction of sp³-hybridized carbons (Fsp3) is 0.750. The Morgan fingerprint density at radius 2 is 2.05 bits per heavy atom. The number of aryl methyl sites for hydroxylation is 1. The molecule has 0 saturated heterocycles. The maximum absolute atomic E-state index is 4.93. The molecule has 3 heteroatoms. The third-order valence-electron chi connectivity index (χ3n) is 4.76. The van der Waals surface area contributed by atoms with Crippen LogP contribution >= 0.6 is 0 Å². The molecule has 1 aliphatic carbocycles. The van der Waals surface area contributed by atoms with Gasteiger partial charge >= 0.3 is 0 Å². The summed E-state index contributed by atoms with van der Waals surface area (Å²) < 4.78 is 0. The van der Waals surface area contributed by atoms with Crippen LogP contribution in [0.25, 0.3) is 0 Å². The number of aromatic nitrogens is 2. The van der Waals surface area contributed by atoms with Crippen molar-refractivity contribution >= 4 is 0 Å². The van der Waals surface area contributed by atoms with Crippen molar-refractivity contribution in [2.24, 2.45) is 5.92 Å². The number of nitrogens with one attached hydrogen (secondary N) is 1. The van der Waals surface area contributed by atoms with E-state index in [-0.39, 0.29) is 0 Å². The second-order valence-corrected chi connectivity index (χ2v) is 6.09. The Morgan fingerprint density at radius 1 is 1.16 bits per heavy atom. The summed E-state index contributed by atoms with van der Waals surface area (Å²) in [6, 6.07) is 0. The monoisotopic (exact) mass is 259 g/mol. The zero-order valence-electron chi connectivity index (χ0n) is 12.2. The summed E-state index contributed by atoms with van der Waals surface area (Å²) >= 11 is 0. The fourth-order valence-corrected chi connectivity index (χ4v) is 3.57. The van der Waals surface area contributed by atoms with Gasteiger partial charge in [-0.3, -0.25) is 0 Å². The van der Waals surface area contributed by atoms with Gasteiger partial charge in [0.05, 0.1) is 5.69 Å². The van der Waals surface area contributed by atoms with Crippen molar-refractivity contribution in [3.05, 3.63) is 22.8 Å². The molecule has 0 spiro atoms. The Kier molecular flexibility index (Phi) is 3.83. The molecule has 2 aliphatic rings. The van der Waals surface area contributed by atoms with Gasteiger partial charge in [0.1, 0.15) is 5.82 Å². The Hall–Kier alpha value is -0.960. The van der Waals surface area contributed by atoms with Crippen LogP contribution in [-0.4, -0.2) is 9.97 Å². The number of nitrogens with zero attached hydrogens (tertiary/aromatic N) is 2. The molecular formula is C16H25N3. The van der Waals surface area contributed by atoms with Crippen molar-refractivity contribution in [3.8, 4) is 0 Å². The highest BCUT2D eigenvalue weighted by Gasteiger charge is 2.28. The molecule has 0 amide bonds. The van der Waals surface area contributed by atoms with Crippen molar-refractivity contribution in [1.29, 1.82) is 0 Å². The van der Waals surface area contributed by atoms with E-state index in [1.54, 1.807) is 0 Å². The minimum Gasteiger partial charge on any atom is -0.307 e. The van der Waals surface area contributed by atoms with E-state index in [9.17, 15) is 0 Å². The third-order valence-corrected chi connectivity index (χ3v) is 4.76. The average molecular weight is 259 g/mol. The number of fused-ring (bicyclic) bond motifs is 1. The van der Waals surface area contributed by atoms with E-state index in [0.29, 0.717) is 5.92 Å². The molecular weight excluding hydrogens is 234 g/mol. The van der Waals surface area contributed by atoms with Crippen LogP contribution in [0.3, 0.4) is 0 Å². The molecule has 1 N–H and O–H groups in total. The third kappa shape index (κ3) is 2.53. The average Bonchev–Trinajstić information content (AvgIpc) is 3.07. The Balaban J connectivity index is 1.88. The first-order valence-corrected chi connectivity index (χ1v) is 7.91. The van der Waals surface area contributed by atoms with E-state index in [0.717, 1.165) is 31.3 Å². The maximum atomic E-state index is 4.93. The van der Waals surface area contributed by atoms with Crippen molar-refractivity contribution < 1.29 is 0 Å². The van der Waals surface area contributed by atoms with E-state index in [1.807, 2.05) is 0 Å². The highest BCUT2D eigenvalue weighted by molar-refractivity contribution is 5.30. The van der Waals surface area contributed by atoms with Gasteiger partial charge in [-0.05, 0) is 31.6 Å². The van der Waals surface area contributed by atoms with Gasteiger partial charge in [0, 0.05) is 30.3 Å². The van der Waals surface area contributed by atoms with Crippen molar-refractivity contribution in [2.45, 2.75) is 71.4 Å². The normalized spacial score (nSPS) is 25.8. The van der Waals surface area contributed by atoms with E-state index in [2.05, 4.69) is 19.2 Å². The van der Waals surface area contributed by atoms with Crippen LogP contribution in [-0.2, 0) is 19.5 Å². The molecule has 1 aromatic rings. The second kappa shape index (κ2) is 5.58. The first kappa shape index (κ1) is 13.0. The number of hydrogen-bond donors (Lipinski definition) is 1. The molecule has 0 aromatic carbocycles. The molecule has 2 atom stereocenters. The predicted molar refractivity (Wildman–Crippen MR) is 76.9 cm³/mol. The molecule has 19 heavy (non-hydrogen) atoms. The molecule has 3 nitrogen and oxygen atoms in total. The van der Waals surface area contributed by atoms with Crippen molar-refractivity contribution in [2.75, 3.05) is 0 Å². The molecule has 1 saturated carbocycles. The van der Waals surface area contributed by atoms with Gasteiger partial charge in [0.15, 0.2) is 0 Å². The zero-order valence-corrected chi connectivity index (χ0v) is 12.2. The molecule has 2 heterocycles. The standard InChI is InChI=1S/C16H25N3/c1-3-5-14-13-9-17-10-15(13)19-16(18-14)12-7-6-11(4-2)8-12/h11-12,17H,3-10H2,1-2H3. The highest BCUT2D eigenvalue weighted by atomic mass is 15.0. The van der Waals surface area contributed by atoms with E-state index >= 15 is 0 Å². The lowest BCUT2D eigenvalue weighted by atomic mass is 10.0. The van der Waals surface area contributed by atoms with Crippen LogP contribution < -0.4 is 5.32 Å². The van der Waals surface area contributed by atoms with E-state index < -0.39 is 0 Å². The topological polar surface area (TPSA) is 37.8 Å². The largest absolute Gasteiger partial charge is 0.307 e. The van der Waals surface area contributed by atoms with Gasteiger partial charge < -0.3 is 5.32 Å². The quantitative estimate of drug-likeness (QED) is 0.901. The van der Waals surface area contributed by atoms with Crippen molar-refractivity contribution in [1.82, 2.24) is 15.3 Å². The summed E-state index contributed by atoms with van der Waals surface area (Å²) in [6.45, 7) is 6.45. The molecule has 1 aliphatic heterocycles. The van der Waals surface area contributed by atoms with E-state index in [4.69, 9.17) is 9.97 Å². The first-order chi connectivity index (χ1) is 9.31. The summed E-state index contributed by atoms with van der Waals surface area (Å²) in [4.78, 5) is 9.81. The van der Waals surface area contributed by atoms with Gasteiger partial charge in [0.2, 0.25) is 0 Å². The SMILES string of the molecule is CCCc1nc(C2CCC(CC)C2)nc2c1CNC2. The fourth-order valence-electron chi connectivity index (χ4n) is 3.57. The van der Waals surface area contributed by atoms with Gasteiger partial charge in [-0.25, -0.2) is 9.97 Å². The molecule has 3 rings (SSSR count). The summed E-state index contributed by atoms with van der Waals surface area (Å²) in [5.41, 5.74) is 3.97. The molecule has 0 radical (unpaired) electrons. The lowest BCUT2D eigenvalue weighted by Gasteiger charge is -2.13. The zero-order chi connectivity index (χ0) is 13.2. The van der Waals surface area contributed by atoms with Gasteiger partial charge in [0.25, 0.3) is 0 Å². The smallest absolute Gasteiger partial charge is 0.132 e. The molecule has 2 unspecified atom stereocenters. The summed E-state index contributed by atoms with van der Waals surface area (Å²) in [5.74, 6) is 2.66. The van der Waals surface area contributed by atoms with Gasteiger partial charge in [-0.15, -0.1) is 0 Å². The summed E-state index contributed by atoms with van der Waals surface area (Å²) in [7, 11) is 0. The van der Waals surface area contributed by atoms with Gasteiger partial charge in [-0.2, -0.15) is 0 Å². The summed E-state index contributed by atoms with van der Waals surface area (Å²) in [6.07, 6.45) is 7.53. The Bertz CT molecular complexity index is 456. The van der Waals surface area contributed by atoms with Crippen LogP contribution in [0.1, 0.15) is 74.6 Å². The number of hydrogen-bond acceptors (Lipinski definition) is 3. The van der Waals surface area contributed by atoms with Crippen LogP contribution in [0.4, 0.5) is 0 Å². The predicted octanol–water partition coefficient (Wildman–Crippen LogP) is 3.33. The summed E-state index contributed by atoms with van der Waals surface area (Å²) in [5, 5.41) is 3.42. The maximum Gasteiger partial charge on any atom is 0.132 e. The highest BCUT2D eigenvalue weighted by Crippen LogP contribution is 2.38. The Morgan fingerprint density at radius 3 is 2.79 bits per heavy atom. The van der Waals surface area contributed by atoms with Gasteiger partial charge in [-0.1, -0.05) is 26.7 Å². The van der Waals surface area contributed by atoms with Crippen molar-refractivity contribution in [3.63, 3.8) is 0 Å². The van der Waals surface area contributed by atoms with Crippen LogP contribution in [0.15, 0.2) is 0 Å². The van der Waals surface area contributed by atoms with Crippen LogP contribution in [0.5, 0.6) is 0 Å². The second-order valence-electron chi connectivity index (χ2n) is 6.09. The molecule has 1 aromatic heterocycles. The molecule has 0 bridgehead atoms. The molecule has 1 fully saturated rings. The Labute approximate surface area is 116 Å². The molecule has 104 valence electrons. The lowest BCUT2D eigenvalue weighted by molar-refractivity contribution is 0.515.